The van der Waals surface area contributed by atoms with Crippen LogP contribution in [0, 0.1) is 6.92 Å². The zero-order valence-corrected chi connectivity index (χ0v) is 19.2. The van der Waals surface area contributed by atoms with Crippen molar-refractivity contribution in [2.24, 2.45) is 0 Å². The quantitative estimate of drug-likeness (QED) is 0.373. The van der Waals surface area contributed by atoms with Crippen LogP contribution in [0.4, 0.5) is 5.69 Å². The number of anilines is 1. The molecule has 6 rings (SSSR count). The number of pyridine rings is 1. The molecule has 0 saturated carbocycles. The number of aromatic hydroxyl groups is 1. The zero-order chi connectivity index (χ0) is 22.7. The Morgan fingerprint density at radius 1 is 1.12 bits per heavy atom. The summed E-state index contributed by atoms with van der Waals surface area (Å²) in [6, 6.07) is 15.6. The van der Waals surface area contributed by atoms with Crippen molar-refractivity contribution in [1.82, 2.24) is 14.5 Å². The molecule has 2 N–H and O–H groups in total. The molecule has 1 aliphatic heterocycles. The SMILES string of the molecule is COCc1cc(C)nc2sc3c(c12)N[C@@H](c1ccc(O)c(OC)c1)n1c-3nc2ccccc21. The predicted molar refractivity (Wildman–Crippen MR) is 130 cm³/mol. The molecule has 3 aromatic heterocycles. The third-order valence-corrected chi connectivity index (χ3v) is 7.11. The minimum absolute atomic E-state index is 0.108. The number of nitrogens with one attached hydrogen (secondary N) is 1. The number of ether oxygens (including phenoxy) is 2. The first-order valence-corrected chi connectivity index (χ1v) is 11.4. The average molecular weight is 459 g/mol. The molecule has 7 nitrogen and oxygen atoms in total. The third kappa shape index (κ3) is 2.98. The van der Waals surface area contributed by atoms with Gasteiger partial charge in [0.25, 0.3) is 0 Å². The summed E-state index contributed by atoms with van der Waals surface area (Å²) in [7, 11) is 3.26. The number of rotatable bonds is 4. The fourth-order valence-electron chi connectivity index (χ4n) is 4.64. The van der Waals surface area contributed by atoms with Crippen LogP contribution in [0.25, 0.3) is 32.0 Å². The van der Waals surface area contributed by atoms with Crippen molar-refractivity contribution in [2.45, 2.75) is 19.7 Å². The summed E-state index contributed by atoms with van der Waals surface area (Å²) in [6.45, 7) is 2.50. The summed E-state index contributed by atoms with van der Waals surface area (Å²) < 4.78 is 13.1. The Labute approximate surface area is 194 Å². The molecule has 5 aromatic rings. The van der Waals surface area contributed by atoms with Crippen molar-refractivity contribution >= 4 is 38.3 Å². The van der Waals surface area contributed by atoms with Crippen LogP contribution in [0.5, 0.6) is 11.5 Å². The molecule has 0 radical (unpaired) electrons. The molecule has 166 valence electrons. The maximum Gasteiger partial charge on any atom is 0.160 e. The summed E-state index contributed by atoms with van der Waals surface area (Å²) in [4.78, 5) is 11.9. The number of phenols is 1. The first-order chi connectivity index (χ1) is 16.1. The van der Waals surface area contributed by atoms with Crippen molar-refractivity contribution in [3.63, 3.8) is 0 Å². The smallest absolute Gasteiger partial charge is 0.160 e. The number of imidazole rings is 1. The van der Waals surface area contributed by atoms with E-state index in [1.807, 2.05) is 37.3 Å². The van der Waals surface area contributed by atoms with Gasteiger partial charge in [-0.3, -0.25) is 4.57 Å². The van der Waals surface area contributed by atoms with Gasteiger partial charge in [0.1, 0.15) is 11.0 Å². The standard InChI is InChI=1S/C25H22N4O3S/c1-13-10-15(12-31-2)20-21-22(33-25(20)26-13)24-27-16-6-4-5-7-17(16)29(24)23(28-21)14-8-9-18(30)19(11-14)32-3/h4-11,23,28,30H,12H2,1-3H3/t23-/m1/s1. The summed E-state index contributed by atoms with van der Waals surface area (Å²) in [6.07, 6.45) is -0.246. The first-order valence-electron chi connectivity index (χ1n) is 10.6. The Morgan fingerprint density at radius 2 is 1.97 bits per heavy atom. The molecule has 1 aliphatic rings. The molecule has 0 unspecified atom stereocenters. The molecular formula is C25H22N4O3S. The van der Waals surface area contributed by atoms with Crippen molar-refractivity contribution < 1.29 is 14.6 Å². The number of thiophene rings is 1. The van der Waals surface area contributed by atoms with Gasteiger partial charge in [-0.15, -0.1) is 11.3 Å². The molecule has 2 aromatic carbocycles. The van der Waals surface area contributed by atoms with Crippen LogP contribution in [-0.4, -0.2) is 33.9 Å². The fourth-order valence-corrected chi connectivity index (χ4v) is 5.86. The second kappa shape index (κ2) is 7.47. The topological polar surface area (TPSA) is 81.4 Å². The maximum atomic E-state index is 10.2. The molecule has 33 heavy (non-hydrogen) atoms. The Bertz CT molecular complexity index is 1540. The van der Waals surface area contributed by atoms with Gasteiger partial charge in [0, 0.05) is 18.2 Å². The number of para-hydroxylation sites is 2. The molecule has 0 saturated heterocycles. The number of aryl methyl sites for hydroxylation is 1. The van der Waals surface area contributed by atoms with Crippen LogP contribution in [0.2, 0.25) is 0 Å². The molecule has 0 fully saturated rings. The molecule has 0 bridgehead atoms. The van der Waals surface area contributed by atoms with E-state index in [0.29, 0.717) is 12.4 Å². The van der Waals surface area contributed by atoms with Gasteiger partial charge in [-0.25, -0.2) is 9.97 Å². The average Bonchev–Trinajstić information content (AvgIpc) is 3.37. The van der Waals surface area contributed by atoms with Gasteiger partial charge < -0.3 is 19.9 Å². The highest BCUT2D eigenvalue weighted by molar-refractivity contribution is 7.22. The van der Waals surface area contributed by atoms with E-state index in [1.54, 1.807) is 31.6 Å². The number of aromatic nitrogens is 3. The largest absolute Gasteiger partial charge is 0.504 e. The lowest BCUT2D eigenvalue weighted by atomic mass is 10.1. The van der Waals surface area contributed by atoms with Crippen LogP contribution in [0.15, 0.2) is 48.5 Å². The summed E-state index contributed by atoms with van der Waals surface area (Å²) in [5.41, 5.74) is 5.97. The van der Waals surface area contributed by atoms with Gasteiger partial charge in [0.15, 0.2) is 17.3 Å². The summed E-state index contributed by atoms with van der Waals surface area (Å²) >= 11 is 1.64. The number of benzene rings is 2. The number of methoxy groups -OCH3 is 2. The van der Waals surface area contributed by atoms with E-state index in [0.717, 1.165) is 54.5 Å². The molecule has 4 heterocycles. The van der Waals surface area contributed by atoms with Crippen LogP contribution >= 0.6 is 11.3 Å². The fraction of sp³-hybridized carbons (Fsp3) is 0.200. The molecule has 0 aliphatic carbocycles. The second-order valence-corrected chi connectivity index (χ2v) is 9.11. The third-order valence-electron chi connectivity index (χ3n) is 6.03. The van der Waals surface area contributed by atoms with Gasteiger partial charge in [-0.2, -0.15) is 0 Å². The van der Waals surface area contributed by atoms with E-state index in [2.05, 4.69) is 22.0 Å². The van der Waals surface area contributed by atoms with E-state index >= 15 is 0 Å². The first kappa shape index (κ1) is 20.0. The highest BCUT2D eigenvalue weighted by Gasteiger charge is 2.33. The minimum Gasteiger partial charge on any atom is -0.504 e. The second-order valence-electron chi connectivity index (χ2n) is 8.11. The Hall–Kier alpha value is -3.62. The highest BCUT2D eigenvalue weighted by Crippen LogP contribution is 2.50. The van der Waals surface area contributed by atoms with Crippen LogP contribution in [0.3, 0.4) is 0 Å². The lowest BCUT2D eigenvalue weighted by Gasteiger charge is -2.29. The monoisotopic (exact) mass is 458 g/mol. The normalized spacial score (nSPS) is 14.8. The van der Waals surface area contributed by atoms with E-state index in [4.69, 9.17) is 19.4 Å². The van der Waals surface area contributed by atoms with Gasteiger partial charge in [-0.05, 0) is 48.4 Å². The Balaban J connectivity index is 1.67. The molecule has 0 amide bonds. The molecule has 8 heteroatoms. The van der Waals surface area contributed by atoms with Gasteiger partial charge in [0.05, 0.1) is 35.3 Å². The highest BCUT2D eigenvalue weighted by atomic mass is 32.1. The number of hydrogen-bond donors (Lipinski definition) is 2. The maximum absolute atomic E-state index is 10.2. The predicted octanol–water partition coefficient (Wildman–Crippen LogP) is 5.45. The Kier molecular flexibility index (Phi) is 4.53. The van der Waals surface area contributed by atoms with Gasteiger partial charge in [0.2, 0.25) is 0 Å². The lowest BCUT2D eigenvalue weighted by Crippen LogP contribution is -2.24. The van der Waals surface area contributed by atoms with Crippen molar-refractivity contribution in [3.8, 4) is 22.2 Å². The van der Waals surface area contributed by atoms with Crippen molar-refractivity contribution in [3.05, 3.63) is 65.4 Å². The lowest BCUT2D eigenvalue weighted by molar-refractivity contribution is 0.186. The molecular weight excluding hydrogens is 436 g/mol. The molecule has 0 spiro atoms. The van der Waals surface area contributed by atoms with Crippen LogP contribution in [-0.2, 0) is 11.3 Å². The van der Waals surface area contributed by atoms with Crippen LogP contribution in [0.1, 0.15) is 23.0 Å². The minimum atomic E-state index is -0.246. The van der Waals surface area contributed by atoms with Gasteiger partial charge in [-0.1, -0.05) is 18.2 Å². The number of phenolic OH excluding ortho intramolecular Hbond substituents is 1. The number of hydrogen-bond acceptors (Lipinski definition) is 7. The van der Waals surface area contributed by atoms with Gasteiger partial charge >= 0.3 is 0 Å². The Morgan fingerprint density at radius 3 is 2.79 bits per heavy atom. The van der Waals surface area contributed by atoms with Crippen molar-refractivity contribution in [2.75, 3.05) is 19.5 Å². The number of fused-ring (bicyclic) bond motifs is 7. The summed E-state index contributed by atoms with van der Waals surface area (Å²) in [5.74, 6) is 1.43. The van der Waals surface area contributed by atoms with Crippen LogP contribution < -0.4 is 10.1 Å². The van der Waals surface area contributed by atoms with E-state index < -0.39 is 0 Å². The van der Waals surface area contributed by atoms with E-state index in [1.165, 1.54) is 0 Å². The summed E-state index contributed by atoms with van der Waals surface area (Å²) in [5, 5.41) is 15.0. The number of nitrogens with zero attached hydrogens (tertiary/aromatic N) is 3. The zero-order valence-electron chi connectivity index (χ0n) is 18.4. The van der Waals surface area contributed by atoms with Crippen molar-refractivity contribution in [1.29, 1.82) is 0 Å². The van der Waals surface area contributed by atoms with E-state index in [-0.39, 0.29) is 11.9 Å². The van der Waals surface area contributed by atoms with E-state index in [9.17, 15) is 5.11 Å². The molecule has 1 atom stereocenters.